The summed E-state index contributed by atoms with van der Waals surface area (Å²) in [6.07, 6.45) is 4.10. The van der Waals surface area contributed by atoms with E-state index in [1.54, 1.807) is 0 Å². The number of carboxylic acids is 1. The van der Waals surface area contributed by atoms with Crippen LogP contribution in [-0.4, -0.2) is 24.2 Å². The van der Waals surface area contributed by atoms with Gasteiger partial charge in [0.2, 0.25) is 0 Å². The molecule has 3 nitrogen and oxygen atoms in total. The van der Waals surface area contributed by atoms with Crippen molar-refractivity contribution in [2.24, 2.45) is 10.8 Å². The molecule has 3 heteroatoms. The van der Waals surface area contributed by atoms with Crippen LogP contribution in [0.25, 0.3) is 0 Å². The Kier molecular flexibility index (Phi) is 7.98. The van der Waals surface area contributed by atoms with Crippen LogP contribution < -0.4 is 4.90 Å². The summed E-state index contributed by atoms with van der Waals surface area (Å²) in [4.78, 5) is 13.1. The van der Waals surface area contributed by atoms with Crippen molar-refractivity contribution in [1.82, 2.24) is 0 Å². The number of anilines is 1. The molecule has 1 N–H and O–H groups in total. The smallest absolute Gasteiger partial charge is 0.303 e. The molecule has 0 unspecified atom stereocenters. The first kappa shape index (κ1) is 21.5. The van der Waals surface area contributed by atoms with E-state index in [1.165, 1.54) is 11.3 Å². The van der Waals surface area contributed by atoms with Gasteiger partial charge in [-0.15, -0.1) is 0 Å². The predicted molar refractivity (Wildman–Crippen MR) is 107 cm³/mol. The summed E-state index contributed by atoms with van der Waals surface area (Å²) < 4.78 is 0. The minimum Gasteiger partial charge on any atom is -0.481 e. The molecule has 1 aromatic rings. The molecule has 1 rings (SSSR count). The second-order valence-electron chi connectivity index (χ2n) is 9.52. The molecule has 0 aliphatic carbocycles. The average Bonchev–Trinajstić information content (AvgIpc) is 2.46. The van der Waals surface area contributed by atoms with E-state index in [-0.39, 0.29) is 6.42 Å². The van der Waals surface area contributed by atoms with Crippen LogP contribution in [0, 0.1) is 10.8 Å². The van der Waals surface area contributed by atoms with Crippen LogP contribution in [0.3, 0.4) is 0 Å². The highest BCUT2D eigenvalue weighted by Crippen LogP contribution is 2.25. The van der Waals surface area contributed by atoms with Gasteiger partial charge in [0, 0.05) is 25.2 Å². The maximum atomic E-state index is 10.6. The van der Waals surface area contributed by atoms with Gasteiger partial charge >= 0.3 is 5.97 Å². The van der Waals surface area contributed by atoms with E-state index in [0.717, 1.165) is 32.4 Å². The average molecular weight is 348 g/mol. The Morgan fingerprint density at radius 3 is 1.80 bits per heavy atom. The summed E-state index contributed by atoms with van der Waals surface area (Å²) in [6.45, 7) is 15.9. The van der Waals surface area contributed by atoms with Crippen LogP contribution in [-0.2, 0) is 11.2 Å². The third-order valence-corrected chi connectivity index (χ3v) is 4.42. The largest absolute Gasteiger partial charge is 0.481 e. The lowest BCUT2D eigenvalue weighted by Gasteiger charge is -2.31. The Balaban J connectivity index is 2.73. The molecular formula is C22H37NO2. The number of aryl methyl sites for hydroxylation is 1. The molecule has 0 aliphatic rings. The monoisotopic (exact) mass is 347 g/mol. The number of hydrogen-bond donors (Lipinski definition) is 1. The predicted octanol–water partition coefficient (Wildman–Crippen LogP) is 5.77. The van der Waals surface area contributed by atoms with Crippen LogP contribution in [0.4, 0.5) is 5.69 Å². The van der Waals surface area contributed by atoms with Crippen LogP contribution >= 0.6 is 0 Å². The van der Waals surface area contributed by atoms with Gasteiger partial charge in [0.1, 0.15) is 0 Å². The zero-order chi connectivity index (χ0) is 19.1. The van der Waals surface area contributed by atoms with Crippen molar-refractivity contribution >= 4 is 11.7 Å². The highest BCUT2D eigenvalue weighted by Gasteiger charge is 2.17. The van der Waals surface area contributed by atoms with Gasteiger partial charge in [0.15, 0.2) is 0 Å². The molecule has 0 aliphatic heterocycles. The molecule has 0 spiro atoms. The first-order valence-corrected chi connectivity index (χ1v) is 9.52. The van der Waals surface area contributed by atoms with Crippen LogP contribution in [0.1, 0.15) is 72.8 Å². The van der Waals surface area contributed by atoms with Gasteiger partial charge in [0.05, 0.1) is 0 Å². The van der Waals surface area contributed by atoms with Crippen molar-refractivity contribution in [2.75, 3.05) is 18.0 Å². The Hall–Kier alpha value is -1.51. The number of carboxylic acid groups (broad SMARTS) is 1. The van der Waals surface area contributed by atoms with Crippen molar-refractivity contribution in [3.05, 3.63) is 29.8 Å². The number of rotatable bonds is 9. The van der Waals surface area contributed by atoms with E-state index in [9.17, 15) is 4.79 Å². The number of hydrogen-bond acceptors (Lipinski definition) is 2. The van der Waals surface area contributed by atoms with Gasteiger partial charge in [-0.05, 0) is 54.2 Å². The second-order valence-corrected chi connectivity index (χ2v) is 9.52. The summed E-state index contributed by atoms with van der Waals surface area (Å²) in [5.41, 5.74) is 3.15. The van der Waals surface area contributed by atoms with Crippen LogP contribution in [0.2, 0.25) is 0 Å². The molecule has 0 amide bonds. The number of aliphatic carboxylic acids is 1. The molecule has 0 aromatic heterocycles. The topological polar surface area (TPSA) is 40.5 Å². The summed E-state index contributed by atoms with van der Waals surface area (Å²) in [5, 5.41) is 8.75. The van der Waals surface area contributed by atoms with Crippen LogP contribution in [0.15, 0.2) is 24.3 Å². The molecule has 0 saturated carbocycles. The van der Waals surface area contributed by atoms with E-state index >= 15 is 0 Å². The summed E-state index contributed by atoms with van der Waals surface area (Å²) in [5.74, 6) is -0.716. The zero-order valence-corrected chi connectivity index (χ0v) is 17.1. The standard InChI is InChI=1S/C22H37NO2/c1-21(2,3)14-16-23(17-15-22(4,5)6)19-12-10-18(11-13-19)8-7-9-20(24)25/h10-13H,7-9,14-17H2,1-6H3,(H,24,25). The molecule has 25 heavy (non-hydrogen) atoms. The molecule has 0 heterocycles. The minimum atomic E-state index is -0.716. The van der Waals surface area contributed by atoms with Gasteiger partial charge in [-0.25, -0.2) is 0 Å². The Bertz CT molecular complexity index is 502. The molecular weight excluding hydrogens is 310 g/mol. The molecule has 0 saturated heterocycles. The van der Waals surface area contributed by atoms with E-state index in [4.69, 9.17) is 5.11 Å². The third-order valence-electron chi connectivity index (χ3n) is 4.42. The fourth-order valence-electron chi connectivity index (χ4n) is 2.63. The maximum Gasteiger partial charge on any atom is 0.303 e. The molecule has 1 aromatic carbocycles. The van der Waals surface area contributed by atoms with E-state index < -0.39 is 5.97 Å². The number of nitrogens with zero attached hydrogens (tertiary/aromatic N) is 1. The maximum absolute atomic E-state index is 10.6. The summed E-state index contributed by atoms with van der Waals surface area (Å²) in [6, 6.07) is 8.69. The fourth-order valence-corrected chi connectivity index (χ4v) is 2.63. The van der Waals surface area contributed by atoms with Crippen molar-refractivity contribution in [3.63, 3.8) is 0 Å². The lowest BCUT2D eigenvalue weighted by Crippen LogP contribution is -2.30. The third kappa shape index (κ3) is 10.2. The Morgan fingerprint density at radius 2 is 1.40 bits per heavy atom. The van der Waals surface area contributed by atoms with Gasteiger partial charge < -0.3 is 10.0 Å². The van der Waals surface area contributed by atoms with Crippen molar-refractivity contribution < 1.29 is 9.90 Å². The first-order chi connectivity index (χ1) is 11.5. The highest BCUT2D eigenvalue weighted by atomic mass is 16.4. The fraction of sp³-hybridized carbons (Fsp3) is 0.682. The van der Waals surface area contributed by atoms with E-state index in [1.807, 2.05) is 0 Å². The Labute approximate surface area is 154 Å². The SMILES string of the molecule is CC(C)(C)CCN(CCC(C)(C)C)c1ccc(CCCC(=O)O)cc1. The normalized spacial score (nSPS) is 12.2. The van der Waals surface area contributed by atoms with Gasteiger partial charge in [-0.2, -0.15) is 0 Å². The second kappa shape index (κ2) is 9.26. The van der Waals surface area contributed by atoms with Gasteiger partial charge in [-0.1, -0.05) is 53.7 Å². The minimum absolute atomic E-state index is 0.241. The lowest BCUT2D eigenvalue weighted by atomic mass is 9.90. The van der Waals surface area contributed by atoms with E-state index in [0.29, 0.717) is 17.3 Å². The van der Waals surface area contributed by atoms with E-state index in [2.05, 4.69) is 70.7 Å². The Morgan fingerprint density at radius 1 is 0.920 bits per heavy atom. The molecule has 0 atom stereocenters. The van der Waals surface area contributed by atoms with Crippen molar-refractivity contribution in [1.29, 1.82) is 0 Å². The van der Waals surface area contributed by atoms with Gasteiger partial charge in [-0.3, -0.25) is 4.79 Å². The van der Waals surface area contributed by atoms with Crippen molar-refractivity contribution in [3.8, 4) is 0 Å². The molecule has 142 valence electrons. The quantitative estimate of drug-likeness (QED) is 0.616. The molecule has 0 bridgehead atoms. The summed E-state index contributed by atoms with van der Waals surface area (Å²) >= 11 is 0. The summed E-state index contributed by atoms with van der Waals surface area (Å²) in [7, 11) is 0. The van der Waals surface area contributed by atoms with Crippen LogP contribution in [0.5, 0.6) is 0 Å². The zero-order valence-electron chi connectivity index (χ0n) is 17.1. The molecule has 0 fully saturated rings. The van der Waals surface area contributed by atoms with Crippen molar-refractivity contribution in [2.45, 2.75) is 73.6 Å². The number of carbonyl (C=O) groups is 1. The molecule has 0 radical (unpaired) electrons. The highest BCUT2D eigenvalue weighted by molar-refractivity contribution is 5.66. The van der Waals surface area contributed by atoms with Gasteiger partial charge in [0.25, 0.3) is 0 Å². The lowest BCUT2D eigenvalue weighted by molar-refractivity contribution is -0.137. The first-order valence-electron chi connectivity index (χ1n) is 9.52. The number of benzene rings is 1.